The maximum absolute atomic E-state index is 12.0. The number of morpholine rings is 1. The smallest absolute Gasteiger partial charge is 0.321 e. The molecule has 0 radical (unpaired) electrons. The second-order valence-corrected chi connectivity index (χ2v) is 7.37. The SMILES string of the molecule is Cc1nc(NC(=O)NCCOCCN2CCOCC2)sc1C#Cc1ccncc1. The van der Waals surface area contributed by atoms with E-state index in [0.29, 0.717) is 24.9 Å². The quantitative estimate of drug-likeness (QED) is 0.529. The number of amides is 2. The van der Waals surface area contributed by atoms with Crippen LogP contribution in [0.5, 0.6) is 0 Å². The summed E-state index contributed by atoms with van der Waals surface area (Å²) in [6, 6.07) is 3.39. The average molecular weight is 416 g/mol. The Morgan fingerprint density at radius 3 is 2.86 bits per heavy atom. The van der Waals surface area contributed by atoms with Gasteiger partial charge in [-0.1, -0.05) is 17.3 Å². The Hall–Kier alpha value is -2.51. The van der Waals surface area contributed by atoms with Crippen molar-refractivity contribution in [2.75, 3.05) is 57.9 Å². The fourth-order valence-corrected chi connectivity index (χ4v) is 3.44. The number of aryl methyl sites for hydroxylation is 1. The first kappa shape index (κ1) is 21.2. The zero-order valence-corrected chi connectivity index (χ0v) is 17.3. The van der Waals surface area contributed by atoms with Crippen LogP contribution in [0.1, 0.15) is 16.1 Å². The summed E-state index contributed by atoms with van der Waals surface area (Å²) in [7, 11) is 0. The van der Waals surface area contributed by atoms with Crippen LogP contribution in [0.25, 0.3) is 0 Å². The molecule has 0 atom stereocenters. The van der Waals surface area contributed by atoms with Gasteiger partial charge in [0.2, 0.25) is 0 Å². The molecule has 3 rings (SSSR count). The molecule has 0 aliphatic carbocycles. The number of aromatic nitrogens is 2. The first-order valence-corrected chi connectivity index (χ1v) is 10.3. The van der Waals surface area contributed by atoms with E-state index in [-0.39, 0.29) is 6.03 Å². The molecule has 29 heavy (non-hydrogen) atoms. The number of nitrogens with one attached hydrogen (secondary N) is 2. The summed E-state index contributed by atoms with van der Waals surface area (Å²) in [6.07, 6.45) is 3.40. The molecule has 1 saturated heterocycles. The number of ether oxygens (including phenoxy) is 2. The molecule has 2 aromatic heterocycles. The molecule has 3 heterocycles. The van der Waals surface area contributed by atoms with Gasteiger partial charge in [0.15, 0.2) is 5.13 Å². The predicted molar refractivity (Wildman–Crippen MR) is 112 cm³/mol. The van der Waals surface area contributed by atoms with E-state index >= 15 is 0 Å². The van der Waals surface area contributed by atoms with Crippen LogP contribution in [-0.4, -0.2) is 73.5 Å². The number of urea groups is 1. The van der Waals surface area contributed by atoms with Gasteiger partial charge in [-0.25, -0.2) is 9.78 Å². The first-order valence-electron chi connectivity index (χ1n) is 9.53. The lowest BCUT2D eigenvalue weighted by atomic mass is 10.2. The third kappa shape index (κ3) is 7.44. The molecule has 0 saturated carbocycles. The van der Waals surface area contributed by atoms with Crippen LogP contribution in [-0.2, 0) is 9.47 Å². The predicted octanol–water partition coefficient (Wildman–Crippen LogP) is 1.72. The molecule has 0 unspecified atom stereocenters. The van der Waals surface area contributed by atoms with Crippen molar-refractivity contribution in [3.05, 3.63) is 40.7 Å². The van der Waals surface area contributed by atoms with Crippen LogP contribution >= 0.6 is 11.3 Å². The van der Waals surface area contributed by atoms with Crippen molar-refractivity contribution in [1.29, 1.82) is 0 Å². The molecule has 1 aliphatic heterocycles. The van der Waals surface area contributed by atoms with Crippen molar-refractivity contribution < 1.29 is 14.3 Å². The molecule has 1 aliphatic rings. The van der Waals surface area contributed by atoms with Gasteiger partial charge in [-0.2, -0.15) is 0 Å². The van der Waals surface area contributed by atoms with E-state index in [4.69, 9.17) is 9.47 Å². The molecule has 0 spiro atoms. The summed E-state index contributed by atoms with van der Waals surface area (Å²) in [5, 5.41) is 6.04. The first-order chi connectivity index (χ1) is 14.2. The van der Waals surface area contributed by atoms with Crippen LogP contribution in [0, 0.1) is 18.8 Å². The van der Waals surface area contributed by atoms with Gasteiger partial charge < -0.3 is 14.8 Å². The van der Waals surface area contributed by atoms with E-state index in [1.54, 1.807) is 12.4 Å². The molecule has 154 valence electrons. The van der Waals surface area contributed by atoms with Crippen molar-refractivity contribution in [2.45, 2.75) is 6.92 Å². The van der Waals surface area contributed by atoms with Gasteiger partial charge in [0.25, 0.3) is 0 Å². The van der Waals surface area contributed by atoms with Gasteiger partial charge >= 0.3 is 6.03 Å². The number of hydrogen-bond donors (Lipinski definition) is 2. The van der Waals surface area contributed by atoms with Crippen molar-refractivity contribution in [2.24, 2.45) is 0 Å². The van der Waals surface area contributed by atoms with Crippen molar-refractivity contribution in [3.63, 3.8) is 0 Å². The molecule has 2 N–H and O–H groups in total. The monoisotopic (exact) mass is 415 g/mol. The highest BCUT2D eigenvalue weighted by Crippen LogP contribution is 2.21. The Morgan fingerprint density at radius 1 is 1.28 bits per heavy atom. The van der Waals surface area contributed by atoms with Crippen LogP contribution in [0.3, 0.4) is 0 Å². The minimum atomic E-state index is -0.302. The maximum atomic E-state index is 12.0. The molecule has 0 aromatic carbocycles. The molecule has 8 nitrogen and oxygen atoms in total. The normalized spacial score (nSPS) is 14.1. The Bertz CT molecular complexity index is 841. The highest BCUT2D eigenvalue weighted by molar-refractivity contribution is 7.16. The molecule has 0 bridgehead atoms. The second kappa shape index (κ2) is 11.5. The van der Waals surface area contributed by atoms with Crippen molar-refractivity contribution in [1.82, 2.24) is 20.2 Å². The van der Waals surface area contributed by atoms with Gasteiger partial charge in [-0.3, -0.25) is 15.2 Å². The summed E-state index contributed by atoms with van der Waals surface area (Å²) < 4.78 is 10.9. The standard InChI is InChI=1S/C20H25N5O3S/c1-16-18(3-2-17-4-6-21-7-5-17)29-20(23-16)24-19(26)22-8-12-27-13-9-25-10-14-28-15-11-25/h4-7H,8-15H2,1H3,(H2,22,23,24,26). The highest BCUT2D eigenvalue weighted by atomic mass is 32.1. The summed E-state index contributed by atoms with van der Waals surface area (Å²) in [6.45, 7) is 7.79. The van der Waals surface area contributed by atoms with Gasteiger partial charge in [-0.15, -0.1) is 0 Å². The fourth-order valence-electron chi connectivity index (χ4n) is 2.63. The summed E-state index contributed by atoms with van der Waals surface area (Å²) in [5.74, 6) is 6.16. The summed E-state index contributed by atoms with van der Waals surface area (Å²) in [5.41, 5.74) is 1.67. The number of carbonyl (C=O) groups is 1. The van der Waals surface area contributed by atoms with Crippen LogP contribution < -0.4 is 10.6 Å². The van der Waals surface area contributed by atoms with E-state index in [2.05, 4.69) is 37.3 Å². The lowest BCUT2D eigenvalue weighted by Crippen LogP contribution is -2.38. The molecular weight excluding hydrogens is 390 g/mol. The van der Waals surface area contributed by atoms with E-state index in [0.717, 1.165) is 49.0 Å². The van der Waals surface area contributed by atoms with Crippen molar-refractivity contribution >= 4 is 22.5 Å². The summed E-state index contributed by atoms with van der Waals surface area (Å²) in [4.78, 5) is 23.5. The van der Waals surface area contributed by atoms with Gasteiger partial charge in [0.05, 0.1) is 32.1 Å². The molecule has 9 heteroatoms. The van der Waals surface area contributed by atoms with E-state index in [9.17, 15) is 4.79 Å². The zero-order chi connectivity index (χ0) is 20.3. The Kier molecular flexibility index (Phi) is 8.40. The highest BCUT2D eigenvalue weighted by Gasteiger charge is 2.10. The zero-order valence-electron chi connectivity index (χ0n) is 16.4. The number of rotatable bonds is 7. The van der Waals surface area contributed by atoms with E-state index in [1.165, 1.54) is 11.3 Å². The summed E-state index contributed by atoms with van der Waals surface area (Å²) >= 11 is 1.35. The third-order valence-electron chi connectivity index (χ3n) is 4.21. The fraction of sp³-hybridized carbons (Fsp3) is 0.450. The minimum absolute atomic E-state index is 0.302. The lowest BCUT2D eigenvalue weighted by molar-refractivity contribution is 0.0209. The van der Waals surface area contributed by atoms with Gasteiger partial charge in [0.1, 0.15) is 4.88 Å². The Morgan fingerprint density at radius 2 is 2.07 bits per heavy atom. The third-order valence-corrected chi connectivity index (χ3v) is 5.19. The number of thiazole rings is 1. The number of hydrogen-bond acceptors (Lipinski definition) is 7. The van der Waals surface area contributed by atoms with Gasteiger partial charge in [-0.05, 0) is 25.0 Å². The van der Waals surface area contributed by atoms with Crippen molar-refractivity contribution in [3.8, 4) is 11.8 Å². The minimum Gasteiger partial charge on any atom is -0.379 e. The molecule has 1 fully saturated rings. The largest absolute Gasteiger partial charge is 0.379 e. The number of carbonyl (C=O) groups excluding carboxylic acids is 1. The number of nitrogens with zero attached hydrogens (tertiary/aromatic N) is 3. The van der Waals surface area contributed by atoms with Gasteiger partial charge in [0, 0.05) is 44.1 Å². The Labute approximate surface area is 174 Å². The molecular formula is C20H25N5O3S. The average Bonchev–Trinajstić information content (AvgIpc) is 3.09. The van der Waals surface area contributed by atoms with E-state index in [1.807, 2.05) is 19.1 Å². The van der Waals surface area contributed by atoms with E-state index < -0.39 is 0 Å². The Balaban J connectivity index is 1.34. The van der Waals surface area contributed by atoms with Crippen LogP contribution in [0.2, 0.25) is 0 Å². The molecule has 2 amide bonds. The lowest BCUT2D eigenvalue weighted by Gasteiger charge is -2.26. The van der Waals surface area contributed by atoms with Crippen LogP contribution in [0.4, 0.5) is 9.93 Å². The molecule has 2 aromatic rings. The van der Waals surface area contributed by atoms with Crippen LogP contribution in [0.15, 0.2) is 24.5 Å². The number of pyridine rings is 1. The second-order valence-electron chi connectivity index (χ2n) is 6.37. The number of anilines is 1. The maximum Gasteiger partial charge on any atom is 0.321 e. The topological polar surface area (TPSA) is 88.6 Å².